The second-order valence-electron chi connectivity index (χ2n) is 8.06. The summed E-state index contributed by atoms with van der Waals surface area (Å²) in [5, 5.41) is 0.962. The second-order valence-corrected chi connectivity index (χ2v) is 8.06. The van der Waals surface area contributed by atoms with Crippen molar-refractivity contribution < 1.29 is 18.9 Å². The number of hydrogen-bond donors (Lipinski definition) is 0. The molecule has 0 amide bonds. The first-order valence-corrected chi connectivity index (χ1v) is 11.1. The minimum atomic E-state index is 0.548. The zero-order valence-corrected chi connectivity index (χ0v) is 19.5. The van der Waals surface area contributed by atoms with Gasteiger partial charge in [-0.3, -0.25) is 0 Å². The summed E-state index contributed by atoms with van der Waals surface area (Å²) in [4.78, 5) is 12.3. The van der Waals surface area contributed by atoms with Gasteiger partial charge in [0.15, 0.2) is 28.8 Å². The molecule has 0 bridgehead atoms. The van der Waals surface area contributed by atoms with Gasteiger partial charge in [-0.25, -0.2) is 9.97 Å². The standard InChI is InChI=1S/C25H31N3O4/c1-6-32-23-15-19-18(14-22(23)31-5)25(28-11-9-16(2)10-12-28)27-24(26-19)17-7-8-20(29-3)21(13-17)30-4/h7-8,13-16H,6,9-12H2,1-5H3. The molecule has 7 heteroatoms. The van der Waals surface area contributed by atoms with Gasteiger partial charge in [0.05, 0.1) is 33.5 Å². The fraction of sp³-hybridized carbons (Fsp3) is 0.440. The Morgan fingerprint density at radius 3 is 2.22 bits per heavy atom. The van der Waals surface area contributed by atoms with Crippen LogP contribution in [0.2, 0.25) is 0 Å². The summed E-state index contributed by atoms with van der Waals surface area (Å²) in [7, 11) is 4.91. The van der Waals surface area contributed by atoms with E-state index in [-0.39, 0.29) is 0 Å². The molecule has 2 aromatic carbocycles. The van der Waals surface area contributed by atoms with E-state index < -0.39 is 0 Å². The van der Waals surface area contributed by atoms with E-state index in [4.69, 9.17) is 28.9 Å². The highest BCUT2D eigenvalue weighted by molar-refractivity contribution is 5.93. The van der Waals surface area contributed by atoms with Crippen molar-refractivity contribution in [2.75, 3.05) is 45.9 Å². The second kappa shape index (κ2) is 9.51. The molecule has 0 aliphatic carbocycles. The van der Waals surface area contributed by atoms with Gasteiger partial charge in [0.25, 0.3) is 0 Å². The Labute approximate surface area is 189 Å². The maximum atomic E-state index is 5.81. The van der Waals surface area contributed by atoms with Gasteiger partial charge in [-0.15, -0.1) is 0 Å². The van der Waals surface area contributed by atoms with Crippen molar-refractivity contribution in [3.63, 3.8) is 0 Å². The highest BCUT2D eigenvalue weighted by atomic mass is 16.5. The van der Waals surface area contributed by atoms with Crippen LogP contribution >= 0.6 is 0 Å². The average molecular weight is 438 g/mol. The van der Waals surface area contributed by atoms with Crippen LogP contribution in [-0.4, -0.2) is 51.0 Å². The summed E-state index contributed by atoms with van der Waals surface area (Å²) in [6, 6.07) is 9.68. The number of piperidine rings is 1. The monoisotopic (exact) mass is 437 g/mol. The van der Waals surface area contributed by atoms with Crippen LogP contribution in [0.15, 0.2) is 30.3 Å². The first kappa shape index (κ1) is 22.0. The molecule has 0 atom stereocenters. The minimum Gasteiger partial charge on any atom is -0.493 e. The molecule has 0 spiro atoms. The Hall–Kier alpha value is -3.22. The fourth-order valence-corrected chi connectivity index (χ4v) is 4.11. The lowest BCUT2D eigenvalue weighted by molar-refractivity contribution is 0.311. The first-order valence-electron chi connectivity index (χ1n) is 11.1. The molecule has 1 aromatic heterocycles. The predicted molar refractivity (Wildman–Crippen MR) is 126 cm³/mol. The summed E-state index contributed by atoms with van der Waals surface area (Å²) >= 11 is 0. The molecule has 170 valence electrons. The van der Waals surface area contributed by atoms with Crippen LogP contribution in [0.1, 0.15) is 26.7 Å². The van der Waals surface area contributed by atoms with E-state index in [9.17, 15) is 0 Å². The molecule has 32 heavy (non-hydrogen) atoms. The van der Waals surface area contributed by atoms with Crippen LogP contribution in [0, 0.1) is 5.92 Å². The molecule has 1 aliphatic heterocycles. The SMILES string of the molecule is CCOc1cc2nc(-c3ccc(OC)c(OC)c3)nc(N3CCC(C)CC3)c2cc1OC. The third-order valence-corrected chi connectivity index (χ3v) is 5.99. The Kier molecular flexibility index (Phi) is 6.53. The van der Waals surface area contributed by atoms with E-state index in [1.165, 1.54) is 0 Å². The fourth-order valence-electron chi connectivity index (χ4n) is 4.11. The lowest BCUT2D eigenvalue weighted by Crippen LogP contribution is -2.33. The Morgan fingerprint density at radius 1 is 0.875 bits per heavy atom. The van der Waals surface area contributed by atoms with E-state index in [1.807, 2.05) is 37.3 Å². The van der Waals surface area contributed by atoms with Crippen molar-refractivity contribution in [1.29, 1.82) is 0 Å². The molecule has 2 heterocycles. The quantitative estimate of drug-likeness (QED) is 0.518. The maximum absolute atomic E-state index is 5.81. The summed E-state index contributed by atoms with van der Waals surface area (Å²) in [5.41, 5.74) is 1.69. The zero-order chi connectivity index (χ0) is 22.7. The van der Waals surface area contributed by atoms with Gasteiger partial charge < -0.3 is 23.8 Å². The molecule has 1 fully saturated rings. The van der Waals surface area contributed by atoms with E-state index >= 15 is 0 Å². The highest BCUT2D eigenvalue weighted by Crippen LogP contribution is 2.38. The molecular weight excluding hydrogens is 406 g/mol. The maximum Gasteiger partial charge on any atom is 0.163 e. The third-order valence-electron chi connectivity index (χ3n) is 5.99. The smallest absolute Gasteiger partial charge is 0.163 e. The number of rotatable bonds is 7. The topological polar surface area (TPSA) is 65.9 Å². The summed E-state index contributed by atoms with van der Waals surface area (Å²) in [6.07, 6.45) is 2.29. The molecule has 0 saturated carbocycles. The predicted octanol–water partition coefficient (Wildman–Crippen LogP) is 4.96. The van der Waals surface area contributed by atoms with Crippen molar-refractivity contribution in [3.05, 3.63) is 30.3 Å². The number of methoxy groups -OCH3 is 3. The number of benzene rings is 2. The van der Waals surface area contributed by atoms with Crippen LogP contribution in [0.3, 0.4) is 0 Å². The Morgan fingerprint density at radius 2 is 1.56 bits per heavy atom. The molecule has 0 N–H and O–H groups in total. The molecule has 4 rings (SSSR count). The van der Waals surface area contributed by atoms with Crippen molar-refractivity contribution in [3.8, 4) is 34.4 Å². The van der Waals surface area contributed by atoms with E-state index in [0.29, 0.717) is 35.4 Å². The zero-order valence-electron chi connectivity index (χ0n) is 19.5. The van der Waals surface area contributed by atoms with Gasteiger partial charge in [0.2, 0.25) is 0 Å². The average Bonchev–Trinajstić information content (AvgIpc) is 2.83. The van der Waals surface area contributed by atoms with E-state index in [0.717, 1.165) is 54.1 Å². The lowest BCUT2D eigenvalue weighted by Gasteiger charge is -2.32. The molecule has 1 saturated heterocycles. The van der Waals surface area contributed by atoms with Gasteiger partial charge in [0, 0.05) is 30.1 Å². The normalized spacial score (nSPS) is 14.5. The van der Waals surface area contributed by atoms with Crippen LogP contribution in [0.4, 0.5) is 5.82 Å². The van der Waals surface area contributed by atoms with Crippen LogP contribution in [-0.2, 0) is 0 Å². The highest BCUT2D eigenvalue weighted by Gasteiger charge is 2.22. The lowest BCUT2D eigenvalue weighted by atomic mass is 9.99. The van der Waals surface area contributed by atoms with Crippen molar-refractivity contribution in [2.24, 2.45) is 5.92 Å². The third kappa shape index (κ3) is 4.24. The molecule has 1 aliphatic rings. The number of anilines is 1. The van der Waals surface area contributed by atoms with E-state index in [1.54, 1.807) is 21.3 Å². The molecule has 3 aromatic rings. The number of nitrogens with zero attached hydrogens (tertiary/aromatic N) is 3. The van der Waals surface area contributed by atoms with Crippen molar-refractivity contribution >= 4 is 16.7 Å². The van der Waals surface area contributed by atoms with Crippen LogP contribution in [0.25, 0.3) is 22.3 Å². The van der Waals surface area contributed by atoms with Gasteiger partial charge in [0.1, 0.15) is 5.82 Å². The van der Waals surface area contributed by atoms with Gasteiger partial charge >= 0.3 is 0 Å². The molecule has 7 nitrogen and oxygen atoms in total. The van der Waals surface area contributed by atoms with Crippen molar-refractivity contribution in [1.82, 2.24) is 9.97 Å². The molecule has 0 radical (unpaired) electrons. The largest absolute Gasteiger partial charge is 0.493 e. The summed E-state index contributed by atoms with van der Waals surface area (Å²) < 4.78 is 22.3. The Balaban J connectivity index is 1.90. The van der Waals surface area contributed by atoms with Crippen LogP contribution in [0.5, 0.6) is 23.0 Å². The summed E-state index contributed by atoms with van der Waals surface area (Å²) in [6.45, 7) is 6.75. The first-order chi connectivity index (χ1) is 15.6. The Bertz CT molecular complexity index is 1090. The number of ether oxygens (including phenoxy) is 4. The summed E-state index contributed by atoms with van der Waals surface area (Å²) in [5.74, 6) is 4.97. The van der Waals surface area contributed by atoms with Gasteiger partial charge in [-0.05, 0) is 49.9 Å². The van der Waals surface area contributed by atoms with Gasteiger partial charge in [-0.1, -0.05) is 6.92 Å². The van der Waals surface area contributed by atoms with E-state index in [2.05, 4.69) is 11.8 Å². The number of aromatic nitrogens is 2. The van der Waals surface area contributed by atoms with Crippen molar-refractivity contribution in [2.45, 2.75) is 26.7 Å². The minimum absolute atomic E-state index is 0.548. The number of hydrogen-bond acceptors (Lipinski definition) is 7. The molecule has 0 unspecified atom stereocenters. The number of fused-ring (bicyclic) bond motifs is 1. The van der Waals surface area contributed by atoms with Crippen LogP contribution < -0.4 is 23.8 Å². The van der Waals surface area contributed by atoms with Gasteiger partial charge in [-0.2, -0.15) is 0 Å². The molecular formula is C25H31N3O4.